The lowest BCUT2D eigenvalue weighted by Gasteiger charge is -2.06. The summed E-state index contributed by atoms with van der Waals surface area (Å²) in [4.78, 5) is 0. The summed E-state index contributed by atoms with van der Waals surface area (Å²) in [5, 5.41) is 0. The minimum absolute atomic E-state index is 0.639. The first-order valence-electron chi connectivity index (χ1n) is 6.55. The zero-order chi connectivity index (χ0) is 13.3. The number of ether oxygens (including phenoxy) is 3. The first-order chi connectivity index (χ1) is 8.91. The van der Waals surface area contributed by atoms with E-state index in [2.05, 4.69) is 28.1 Å². The van der Waals surface area contributed by atoms with Gasteiger partial charge in [-0.15, -0.1) is 0 Å². The Labute approximate surface area is 127 Å². The van der Waals surface area contributed by atoms with Gasteiger partial charge in [-0.05, 0) is 12.8 Å². The summed E-state index contributed by atoms with van der Waals surface area (Å²) in [6.45, 7) is 7.13. The van der Waals surface area contributed by atoms with Gasteiger partial charge < -0.3 is 18.4 Å². The molecule has 0 aromatic carbocycles. The van der Waals surface area contributed by atoms with Crippen molar-refractivity contribution in [1.29, 1.82) is 0 Å². The van der Waals surface area contributed by atoms with E-state index < -0.39 is 0 Å². The predicted molar refractivity (Wildman–Crippen MR) is 84.2 cm³/mol. The number of hydrogen-bond acceptors (Lipinski definition) is 5. The van der Waals surface area contributed by atoms with E-state index in [0.717, 1.165) is 32.7 Å². The van der Waals surface area contributed by atoms with Gasteiger partial charge in [-0.3, -0.25) is 0 Å². The highest BCUT2D eigenvalue weighted by molar-refractivity contribution is 14.2. The third-order valence-corrected chi connectivity index (χ3v) is 3.22. The molecule has 6 heteroatoms. The van der Waals surface area contributed by atoms with E-state index in [1.807, 2.05) is 0 Å². The molecule has 0 bridgehead atoms. The van der Waals surface area contributed by atoms with Gasteiger partial charge >= 0.3 is 0 Å². The molecule has 0 saturated carbocycles. The van der Waals surface area contributed by atoms with Crippen LogP contribution in [0.5, 0.6) is 0 Å². The fourth-order valence-electron chi connectivity index (χ4n) is 1.25. The Morgan fingerprint density at radius 2 is 1.28 bits per heavy atom. The summed E-state index contributed by atoms with van der Waals surface area (Å²) in [6.07, 6.45) is 4.56. The monoisotopic (exact) mass is 392 g/mol. The molecular formula is C12H25IO4S. The van der Waals surface area contributed by atoms with E-state index in [9.17, 15) is 0 Å². The van der Waals surface area contributed by atoms with Crippen LogP contribution >= 0.6 is 30.4 Å². The average molecular weight is 392 g/mol. The minimum Gasteiger partial charge on any atom is -0.379 e. The summed E-state index contributed by atoms with van der Waals surface area (Å²) in [7, 11) is 1.36. The van der Waals surface area contributed by atoms with Gasteiger partial charge in [-0.25, -0.2) is 0 Å². The van der Waals surface area contributed by atoms with Gasteiger partial charge in [-0.2, -0.15) is 0 Å². The van der Waals surface area contributed by atoms with E-state index in [4.69, 9.17) is 18.4 Å². The van der Waals surface area contributed by atoms with Crippen molar-refractivity contribution in [3.63, 3.8) is 0 Å². The second-order valence-corrected chi connectivity index (χ2v) is 5.22. The summed E-state index contributed by atoms with van der Waals surface area (Å²) < 4.78 is 21.3. The van der Waals surface area contributed by atoms with Gasteiger partial charge in [0.05, 0.1) is 42.2 Å². The number of rotatable bonds is 15. The van der Waals surface area contributed by atoms with Crippen LogP contribution < -0.4 is 0 Å². The van der Waals surface area contributed by atoms with E-state index >= 15 is 0 Å². The lowest BCUT2D eigenvalue weighted by molar-refractivity contribution is 0.0124. The maximum atomic E-state index is 5.42. The van der Waals surface area contributed by atoms with E-state index in [1.165, 1.54) is 22.1 Å². The lowest BCUT2D eigenvalue weighted by atomic mass is 10.3. The zero-order valence-corrected chi connectivity index (χ0v) is 14.2. The van der Waals surface area contributed by atoms with Crippen LogP contribution in [-0.4, -0.2) is 46.2 Å². The highest BCUT2D eigenvalue weighted by Gasteiger charge is 1.92. The Balaban J connectivity index is 2.86. The topological polar surface area (TPSA) is 36.9 Å². The van der Waals surface area contributed by atoms with Crippen LogP contribution in [0.1, 0.15) is 32.6 Å². The van der Waals surface area contributed by atoms with Crippen LogP contribution in [0.2, 0.25) is 0 Å². The molecule has 0 aliphatic carbocycles. The molecule has 0 aromatic rings. The first-order valence-corrected chi connectivity index (χ1v) is 9.83. The van der Waals surface area contributed by atoms with Crippen molar-refractivity contribution in [2.45, 2.75) is 32.6 Å². The second-order valence-electron chi connectivity index (χ2n) is 3.78. The van der Waals surface area contributed by atoms with Crippen molar-refractivity contribution < 1.29 is 18.4 Å². The third kappa shape index (κ3) is 16.9. The molecule has 0 heterocycles. The minimum atomic E-state index is 0.639. The molecule has 0 rings (SSSR count). The van der Waals surface area contributed by atoms with Crippen molar-refractivity contribution in [2.24, 2.45) is 0 Å². The molecule has 0 spiro atoms. The van der Waals surface area contributed by atoms with Crippen LogP contribution in [0.15, 0.2) is 0 Å². The van der Waals surface area contributed by atoms with Crippen LogP contribution in [0.4, 0.5) is 0 Å². The van der Waals surface area contributed by atoms with E-state index in [-0.39, 0.29) is 0 Å². The molecule has 0 atom stereocenters. The Hall–Kier alpha value is 0.920. The number of halogens is 1. The molecular weight excluding hydrogens is 367 g/mol. The SMILES string of the molecule is CCCCCOCCOCCOCCCOSI. The molecule has 0 unspecified atom stereocenters. The van der Waals surface area contributed by atoms with Gasteiger partial charge in [0, 0.05) is 34.4 Å². The van der Waals surface area contributed by atoms with Gasteiger partial charge in [0.2, 0.25) is 0 Å². The van der Waals surface area contributed by atoms with Crippen molar-refractivity contribution in [2.75, 3.05) is 46.2 Å². The van der Waals surface area contributed by atoms with Gasteiger partial charge in [0.25, 0.3) is 0 Å². The first kappa shape index (κ1) is 18.9. The number of unbranched alkanes of at least 4 members (excludes halogenated alkanes) is 2. The largest absolute Gasteiger partial charge is 0.379 e. The molecule has 0 aliphatic heterocycles. The molecule has 0 N–H and O–H groups in total. The number of hydrogen-bond donors (Lipinski definition) is 0. The smallest absolute Gasteiger partial charge is 0.0701 e. The molecule has 0 amide bonds. The Bertz CT molecular complexity index is 136. The van der Waals surface area contributed by atoms with E-state index in [1.54, 1.807) is 0 Å². The summed E-state index contributed by atoms with van der Waals surface area (Å²) in [5.41, 5.74) is 0. The molecule has 0 fully saturated rings. The molecule has 0 radical (unpaired) electrons. The van der Waals surface area contributed by atoms with Crippen molar-refractivity contribution in [1.82, 2.24) is 0 Å². The van der Waals surface area contributed by atoms with Crippen LogP contribution in [-0.2, 0) is 18.4 Å². The molecule has 18 heavy (non-hydrogen) atoms. The van der Waals surface area contributed by atoms with E-state index in [0.29, 0.717) is 26.4 Å². The second kappa shape index (κ2) is 17.9. The normalized spacial score (nSPS) is 11.0. The summed E-state index contributed by atoms with van der Waals surface area (Å²) >= 11 is 2.11. The third-order valence-electron chi connectivity index (χ3n) is 2.20. The predicted octanol–water partition coefficient (Wildman–Crippen LogP) is 3.63. The van der Waals surface area contributed by atoms with Gasteiger partial charge in [0.1, 0.15) is 0 Å². The van der Waals surface area contributed by atoms with Crippen LogP contribution in [0, 0.1) is 0 Å². The van der Waals surface area contributed by atoms with Crippen molar-refractivity contribution in [3.05, 3.63) is 0 Å². The highest BCUT2D eigenvalue weighted by Crippen LogP contribution is 2.11. The summed E-state index contributed by atoms with van der Waals surface area (Å²) in [6, 6.07) is 0. The Morgan fingerprint density at radius 3 is 1.83 bits per heavy atom. The van der Waals surface area contributed by atoms with Gasteiger partial charge in [0.15, 0.2) is 0 Å². The zero-order valence-electron chi connectivity index (χ0n) is 11.2. The molecule has 110 valence electrons. The molecule has 0 saturated heterocycles. The Kier molecular flexibility index (Phi) is 18.8. The maximum Gasteiger partial charge on any atom is 0.0701 e. The van der Waals surface area contributed by atoms with Crippen molar-refractivity contribution >= 4 is 30.4 Å². The fourth-order valence-corrected chi connectivity index (χ4v) is 1.97. The molecule has 0 aromatic heterocycles. The quantitative estimate of drug-likeness (QED) is 0.242. The Morgan fingerprint density at radius 1 is 0.722 bits per heavy atom. The standard InChI is InChI=1S/C12H25IO4S/c1-2-3-4-6-14-9-11-16-12-10-15-7-5-8-17-18-13/h2-12H2,1H3. The lowest BCUT2D eigenvalue weighted by Crippen LogP contribution is -2.10. The van der Waals surface area contributed by atoms with Crippen molar-refractivity contribution in [3.8, 4) is 0 Å². The molecule has 0 aliphatic rings. The summed E-state index contributed by atoms with van der Waals surface area (Å²) in [5.74, 6) is 0. The fraction of sp³-hybridized carbons (Fsp3) is 1.00. The maximum absolute atomic E-state index is 5.42. The molecule has 4 nitrogen and oxygen atoms in total. The van der Waals surface area contributed by atoms with Crippen LogP contribution in [0.25, 0.3) is 0 Å². The van der Waals surface area contributed by atoms with Crippen LogP contribution in [0.3, 0.4) is 0 Å². The van der Waals surface area contributed by atoms with Gasteiger partial charge in [-0.1, -0.05) is 19.8 Å². The highest BCUT2D eigenvalue weighted by atomic mass is 127. The average Bonchev–Trinajstić information content (AvgIpc) is 2.39.